The second-order valence-electron chi connectivity index (χ2n) is 2.57. The summed E-state index contributed by atoms with van der Waals surface area (Å²) in [5, 5.41) is 0. The van der Waals surface area contributed by atoms with Gasteiger partial charge in [-0.1, -0.05) is 0 Å². The Bertz CT molecular complexity index is 201. The zero-order chi connectivity index (χ0) is 8.43. The molecule has 0 aromatic heterocycles. The molecule has 11 heavy (non-hydrogen) atoms. The summed E-state index contributed by atoms with van der Waals surface area (Å²) in [7, 11) is 1.66. The highest BCUT2D eigenvalue weighted by Crippen LogP contribution is 2.11. The fourth-order valence-corrected chi connectivity index (χ4v) is 1.07. The molecular formula is C7H12N2O2. The van der Waals surface area contributed by atoms with Crippen molar-refractivity contribution in [3.63, 3.8) is 0 Å². The number of cyclic esters (lactones) is 1. The molecule has 1 amide bonds. The number of carbonyl (C=O) groups excluding carboxylic acids is 1. The molecule has 0 aliphatic carbocycles. The average molecular weight is 156 g/mol. The van der Waals surface area contributed by atoms with Crippen LogP contribution in [0.4, 0.5) is 4.79 Å². The number of amides is 1. The molecule has 0 radical (unpaired) electrons. The maximum atomic E-state index is 11.0. The number of nitrogens with zero attached hydrogens (tertiary/aromatic N) is 2. The van der Waals surface area contributed by atoms with Gasteiger partial charge < -0.3 is 4.74 Å². The highest BCUT2D eigenvalue weighted by Gasteiger charge is 2.30. The number of amidine groups is 1. The molecule has 1 aliphatic rings. The zero-order valence-corrected chi connectivity index (χ0v) is 7.00. The summed E-state index contributed by atoms with van der Waals surface area (Å²) < 4.78 is 4.81. The molecule has 1 heterocycles. The van der Waals surface area contributed by atoms with E-state index in [1.165, 1.54) is 0 Å². The van der Waals surface area contributed by atoms with Crippen LogP contribution in [0.2, 0.25) is 0 Å². The normalized spacial score (nSPS) is 25.7. The lowest BCUT2D eigenvalue weighted by Crippen LogP contribution is -2.35. The maximum Gasteiger partial charge on any atom is 0.415 e. The minimum absolute atomic E-state index is 0.117. The molecule has 0 aromatic rings. The van der Waals surface area contributed by atoms with E-state index < -0.39 is 0 Å². The lowest BCUT2D eigenvalue weighted by molar-refractivity contribution is 0.168. The first-order valence-corrected chi connectivity index (χ1v) is 3.56. The number of rotatable bonds is 0. The van der Waals surface area contributed by atoms with Crippen LogP contribution in [0.3, 0.4) is 0 Å². The molecule has 0 aromatic carbocycles. The molecule has 0 saturated carbocycles. The van der Waals surface area contributed by atoms with E-state index >= 15 is 0 Å². The second-order valence-corrected chi connectivity index (χ2v) is 2.57. The summed E-state index contributed by atoms with van der Waals surface area (Å²) in [6.07, 6.45) is -0.291. The fourth-order valence-electron chi connectivity index (χ4n) is 1.07. The van der Waals surface area contributed by atoms with Crippen molar-refractivity contribution in [3.8, 4) is 0 Å². The number of hydrogen-bond acceptors (Lipinski definition) is 3. The third kappa shape index (κ3) is 1.34. The van der Waals surface area contributed by atoms with Crippen LogP contribution in [0.15, 0.2) is 4.99 Å². The van der Waals surface area contributed by atoms with Gasteiger partial charge in [0.05, 0.1) is 6.04 Å². The second kappa shape index (κ2) is 2.90. The number of ether oxygens (including phenoxy) is 1. The van der Waals surface area contributed by atoms with Gasteiger partial charge >= 0.3 is 6.09 Å². The van der Waals surface area contributed by atoms with Gasteiger partial charge in [0, 0.05) is 7.05 Å². The molecule has 1 atom stereocenters. The molecule has 4 heteroatoms. The third-order valence-electron chi connectivity index (χ3n) is 1.76. The van der Waals surface area contributed by atoms with Crippen molar-refractivity contribution >= 4 is 11.9 Å². The molecule has 1 unspecified atom stereocenters. The Hall–Kier alpha value is -1.06. The molecule has 0 spiro atoms. The quantitative estimate of drug-likeness (QED) is 0.386. The van der Waals surface area contributed by atoms with Crippen LogP contribution >= 0.6 is 0 Å². The Morgan fingerprint density at radius 3 is 2.82 bits per heavy atom. The summed E-state index contributed by atoms with van der Waals surface area (Å²) >= 11 is 0. The van der Waals surface area contributed by atoms with Crippen molar-refractivity contribution in [3.05, 3.63) is 0 Å². The van der Waals surface area contributed by atoms with Gasteiger partial charge in [-0.3, -0.25) is 9.89 Å². The fraction of sp³-hybridized carbons (Fsp3) is 0.714. The van der Waals surface area contributed by atoms with Crippen LogP contribution in [-0.2, 0) is 4.74 Å². The predicted molar refractivity (Wildman–Crippen MR) is 41.7 cm³/mol. The Kier molecular flexibility index (Phi) is 2.12. The molecule has 0 N–H and O–H groups in total. The Morgan fingerprint density at radius 1 is 1.82 bits per heavy atom. The van der Waals surface area contributed by atoms with Crippen LogP contribution < -0.4 is 0 Å². The van der Waals surface area contributed by atoms with Crippen molar-refractivity contribution in [1.29, 1.82) is 0 Å². The van der Waals surface area contributed by atoms with Crippen molar-refractivity contribution < 1.29 is 9.53 Å². The first kappa shape index (κ1) is 8.04. The molecule has 1 saturated heterocycles. The molecule has 4 nitrogen and oxygen atoms in total. The van der Waals surface area contributed by atoms with Crippen LogP contribution in [-0.4, -0.2) is 36.5 Å². The van der Waals surface area contributed by atoms with E-state index in [2.05, 4.69) is 4.99 Å². The van der Waals surface area contributed by atoms with Crippen LogP contribution in [0.1, 0.15) is 13.8 Å². The topological polar surface area (TPSA) is 41.9 Å². The molecule has 1 aliphatic heterocycles. The van der Waals surface area contributed by atoms with Gasteiger partial charge in [0.2, 0.25) is 0 Å². The van der Waals surface area contributed by atoms with Crippen molar-refractivity contribution in [2.24, 2.45) is 4.99 Å². The van der Waals surface area contributed by atoms with Gasteiger partial charge in [-0.05, 0) is 13.8 Å². The van der Waals surface area contributed by atoms with Gasteiger partial charge in [0.1, 0.15) is 12.4 Å². The highest BCUT2D eigenvalue weighted by molar-refractivity contribution is 5.95. The minimum atomic E-state index is -0.291. The molecule has 1 rings (SSSR count). The van der Waals surface area contributed by atoms with Crippen molar-refractivity contribution in [2.75, 3.05) is 13.7 Å². The largest absolute Gasteiger partial charge is 0.447 e. The van der Waals surface area contributed by atoms with Crippen molar-refractivity contribution in [2.45, 2.75) is 19.9 Å². The Labute approximate surface area is 65.9 Å². The summed E-state index contributed by atoms with van der Waals surface area (Å²) in [6, 6.07) is 0.117. The van der Waals surface area contributed by atoms with E-state index in [0.29, 0.717) is 12.4 Å². The first-order valence-electron chi connectivity index (χ1n) is 3.56. The molecule has 62 valence electrons. The van der Waals surface area contributed by atoms with Crippen molar-refractivity contribution in [1.82, 2.24) is 4.90 Å². The Balaban J connectivity index is 2.76. The van der Waals surface area contributed by atoms with Gasteiger partial charge in [-0.15, -0.1) is 0 Å². The lowest BCUT2D eigenvalue weighted by atomic mass is 10.3. The van der Waals surface area contributed by atoms with Gasteiger partial charge in [-0.25, -0.2) is 4.79 Å². The predicted octanol–water partition coefficient (Wildman–Crippen LogP) is 0.875. The van der Waals surface area contributed by atoms with Crippen LogP contribution in [0.5, 0.6) is 0 Å². The number of hydrogen-bond donors (Lipinski definition) is 0. The SMILES string of the molecule is CN=C(C)N1C(=O)OCC1C. The van der Waals surface area contributed by atoms with E-state index in [-0.39, 0.29) is 12.1 Å². The third-order valence-corrected chi connectivity index (χ3v) is 1.76. The van der Waals surface area contributed by atoms with Gasteiger partial charge in [0.25, 0.3) is 0 Å². The van der Waals surface area contributed by atoms with E-state index in [1.54, 1.807) is 18.9 Å². The zero-order valence-electron chi connectivity index (χ0n) is 7.00. The van der Waals surface area contributed by atoms with E-state index in [9.17, 15) is 4.79 Å². The standard InChI is InChI=1S/C7H12N2O2/c1-5-4-11-7(10)9(5)6(2)8-3/h5H,4H2,1-3H3. The maximum absolute atomic E-state index is 11.0. The number of aliphatic imine (C=N–C) groups is 1. The first-order chi connectivity index (χ1) is 5.16. The van der Waals surface area contributed by atoms with E-state index in [0.717, 1.165) is 0 Å². The van der Waals surface area contributed by atoms with Crippen LogP contribution in [0.25, 0.3) is 0 Å². The van der Waals surface area contributed by atoms with Gasteiger partial charge in [0.15, 0.2) is 0 Å². The molecular weight excluding hydrogens is 144 g/mol. The summed E-state index contributed by atoms with van der Waals surface area (Å²) in [4.78, 5) is 16.5. The Morgan fingerprint density at radius 2 is 2.45 bits per heavy atom. The van der Waals surface area contributed by atoms with Gasteiger partial charge in [-0.2, -0.15) is 0 Å². The summed E-state index contributed by atoms with van der Waals surface area (Å²) in [5.74, 6) is 0.708. The summed E-state index contributed by atoms with van der Waals surface area (Å²) in [6.45, 7) is 4.19. The molecule has 1 fully saturated rings. The van der Waals surface area contributed by atoms with E-state index in [4.69, 9.17) is 4.74 Å². The average Bonchev–Trinajstić information content (AvgIpc) is 2.30. The lowest BCUT2D eigenvalue weighted by Gasteiger charge is -2.16. The van der Waals surface area contributed by atoms with Crippen LogP contribution in [0, 0.1) is 0 Å². The summed E-state index contributed by atoms with van der Waals surface area (Å²) in [5.41, 5.74) is 0. The smallest absolute Gasteiger partial charge is 0.415 e. The highest BCUT2D eigenvalue weighted by atomic mass is 16.6. The minimum Gasteiger partial charge on any atom is -0.447 e. The number of carbonyl (C=O) groups is 1. The monoisotopic (exact) mass is 156 g/mol. The molecule has 0 bridgehead atoms. The van der Waals surface area contributed by atoms with E-state index in [1.807, 2.05) is 6.92 Å².